The Bertz CT molecular complexity index is 1440. The van der Waals surface area contributed by atoms with Crippen LogP contribution in [0.4, 0.5) is 0 Å². The van der Waals surface area contributed by atoms with Crippen molar-refractivity contribution in [2.24, 2.45) is 0 Å². The number of nitriles is 1. The van der Waals surface area contributed by atoms with E-state index in [9.17, 15) is 9.59 Å². The van der Waals surface area contributed by atoms with E-state index in [1.54, 1.807) is 47.0 Å². The number of hydrogen-bond acceptors (Lipinski definition) is 4. The summed E-state index contributed by atoms with van der Waals surface area (Å²) in [6.45, 7) is 4.01. The zero-order valence-electron chi connectivity index (χ0n) is 15.8. The Morgan fingerprint density at radius 1 is 1.17 bits per heavy atom. The van der Waals surface area contributed by atoms with Crippen molar-refractivity contribution < 1.29 is 0 Å². The normalized spacial score (nSPS) is 10.8. The lowest BCUT2D eigenvalue weighted by atomic mass is 10.1. The smallest absolute Gasteiger partial charge is 0.320 e. The Balaban J connectivity index is 2.01. The summed E-state index contributed by atoms with van der Waals surface area (Å²) >= 11 is 6.34. The van der Waals surface area contributed by atoms with E-state index in [0.29, 0.717) is 22.8 Å². The van der Waals surface area contributed by atoms with Gasteiger partial charge in [-0.3, -0.25) is 9.36 Å². The van der Waals surface area contributed by atoms with Crippen molar-refractivity contribution in [2.45, 2.75) is 13.1 Å². The SMILES string of the molecule is C=CCn1c(=O)c2c(ncn2Cc2cccc(C#N)c2)n(-c2ccccc2Cl)c1=O. The third kappa shape index (κ3) is 3.23. The predicted molar refractivity (Wildman–Crippen MR) is 115 cm³/mol. The number of hydrogen-bond donors (Lipinski definition) is 0. The number of aromatic nitrogens is 4. The number of para-hydroxylation sites is 1. The molecule has 0 aliphatic rings. The third-order valence-electron chi connectivity index (χ3n) is 4.71. The van der Waals surface area contributed by atoms with Gasteiger partial charge < -0.3 is 4.57 Å². The molecule has 0 N–H and O–H groups in total. The average Bonchev–Trinajstić information content (AvgIpc) is 3.16. The van der Waals surface area contributed by atoms with E-state index in [-0.39, 0.29) is 17.7 Å². The Hall–Kier alpha value is -3.89. The third-order valence-corrected chi connectivity index (χ3v) is 5.03. The Labute approximate surface area is 176 Å². The molecule has 0 radical (unpaired) electrons. The van der Waals surface area contributed by atoms with E-state index in [4.69, 9.17) is 16.9 Å². The minimum Gasteiger partial charge on any atom is -0.320 e. The fourth-order valence-electron chi connectivity index (χ4n) is 3.38. The number of halogens is 1. The number of nitrogens with zero attached hydrogens (tertiary/aromatic N) is 5. The maximum Gasteiger partial charge on any atom is 0.337 e. The van der Waals surface area contributed by atoms with Crippen molar-refractivity contribution in [1.82, 2.24) is 18.7 Å². The molecule has 4 rings (SSSR count). The first-order chi connectivity index (χ1) is 14.5. The Kier molecular flexibility index (Phi) is 5.09. The first-order valence-electron chi connectivity index (χ1n) is 9.10. The van der Waals surface area contributed by atoms with Crippen LogP contribution in [0.15, 0.2) is 77.1 Å². The van der Waals surface area contributed by atoms with Crippen LogP contribution >= 0.6 is 11.6 Å². The van der Waals surface area contributed by atoms with Gasteiger partial charge >= 0.3 is 5.69 Å². The summed E-state index contributed by atoms with van der Waals surface area (Å²) < 4.78 is 4.10. The molecule has 0 spiro atoms. The molecular formula is C22H16ClN5O2. The molecule has 30 heavy (non-hydrogen) atoms. The molecule has 2 aromatic carbocycles. The lowest BCUT2D eigenvalue weighted by Crippen LogP contribution is -2.39. The van der Waals surface area contributed by atoms with Crippen molar-refractivity contribution in [2.75, 3.05) is 0 Å². The first-order valence-corrected chi connectivity index (χ1v) is 9.48. The summed E-state index contributed by atoms with van der Waals surface area (Å²) in [7, 11) is 0. The van der Waals surface area contributed by atoms with Crippen molar-refractivity contribution >= 4 is 22.8 Å². The van der Waals surface area contributed by atoms with E-state index < -0.39 is 11.2 Å². The molecule has 148 valence electrons. The van der Waals surface area contributed by atoms with Gasteiger partial charge in [-0.05, 0) is 29.8 Å². The Morgan fingerprint density at radius 2 is 1.97 bits per heavy atom. The molecule has 0 atom stereocenters. The van der Waals surface area contributed by atoms with Gasteiger partial charge in [-0.2, -0.15) is 5.26 Å². The maximum atomic E-state index is 13.2. The summed E-state index contributed by atoms with van der Waals surface area (Å²) in [5, 5.41) is 9.50. The number of allylic oxidation sites excluding steroid dienone is 1. The van der Waals surface area contributed by atoms with E-state index >= 15 is 0 Å². The summed E-state index contributed by atoms with van der Waals surface area (Å²) in [5.41, 5.74) is 1.26. The summed E-state index contributed by atoms with van der Waals surface area (Å²) in [4.78, 5) is 30.7. The minimum atomic E-state index is -0.544. The number of rotatable bonds is 5. The van der Waals surface area contributed by atoms with Crippen LogP contribution in [-0.2, 0) is 13.1 Å². The molecule has 2 aromatic heterocycles. The van der Waals surface area contributed by atoms with Gasteiger partial charge in [-0.15, -0.1) is 6.58 Å². The predicted octanol–water partition coefficient (Wildman–Crippen LogP) is 3.11. The molecule has 8 heteroatoms. The van der Waals surface area contributed by atoms with Crippen molar-refractivity contribution in [1.29, 1.82) is 5.26 Å². The number of benzene rings is 2. The second-order valence-corrected chi connectivity index (χ2v) is 7.04. The van der Waals surface area contributed by atoms with Crippen molar-refractivity contribution in [3.8, 4) is 11.8 Å². The van der Waals surface area contributed by atoms with Crippen LogP contribution in [0.25, 0.3) is 16.9 Å². The molecule has 0 aliphatic heterocycles. The largest absolute Gasteiger partial charge is 0.337 e. The average molecular weight is 418 g/mol. The van der Waals surface area contributed by atoms with Crippen molar-refractivity contribution in [3.05, 3.63) is 105 Å². The van der Waals surface area contributed by atoms with Crippen LogP contribution in [0.2, 0.25) is 5.02 Å². The van der Waals surface area contributed by atoms with Crippen LogP contribution in [0, 0.1) is 11.3 Å². The van der Waals surface area contributed by atoms with Gasteiger partial charge in [0, 0.05) is 13.1 Å². The lowest BCUT2D eigenvalue weighted by molar-refractivity contribution is 0.690. The highest BCUT2D eigenvalue weighted by molar-refractivity contribution is 6.32. The summed E-state index contributed by atoms with van der Waals surface area (Å²) in [6, 6.07) is 16.1. The fraction of sp³-hybridized carbons (Fsp3) is 0.0909. The summed E-state index contributed by atoms with van der Waals surface area (Å²) in [6.07, 6.45) is 3.00. The molecule has 0 bridgehead atoms. The highest BCUT2D eigenvalue weighted by atomic mass is 35.5. The highest BCUT2D eigenvalue weighted by Crippen LogP contribution is 2.21. The van der Waals surface area contributed by atoms with E-state index in [2.05, 4.69) is 17.6 Å². The zero-order valence-corrected chi connectivity index (χ0v) is 16.6. The lowest BCUT2D eigenvalue weighted by Gasteiger charge is -2.13. The van der Waals surface area contributed by atoms with Crippen LogP contribution in [0.3, 0.4) is 0 Å². The Morgan fingerprint density at radius 3 is 2.70 bits per heavy atom. The first kappa shape index (κ1) is 19.4. The monoisotopic (exact) mass is 417 g/mol. The van der Waals surface area contributed by atoms with Gasteiger partial charge in [-0.25, -0.2) is 14.3 Å². The maximum absolute atomic E-state index is 13.2. The standard InChI is InChI=1S/C22H16ClN5O2/c1-2-10-27-21(29)19-20(28(22(27)30)18-9-4-3-8-17(18)23)25-14-26(19)13-16-7-5-6-15(11-16)12-24/h2-9,11,14H,1,10,13H2. The minimum absolute atomic E-state index is 0.0488. The van der Waals surface area contributed by atoms with Gasteiger partial charge in [-0.1, -0.05) is 41.9 Å². The quantitative estimate of drug-likeness (QED) is 0.467. The fourth-order valence-corrected chi connectivity index (χ4v) is 3.60. The molecule has 0 unspecified atom stereocenters. The molecule has 0 aliphatic carbocycles. The molecular weight excluding hydrogens is 402 g/mol. The highest BCUT2D eigenvalue weighted by Gasteiger charge is 2.20. The van der Waals surface area contributed by atoms with Gasteiger partial charge in [0.25, 0.3) is 5.56 Å². The molecule has 0 amide bonds. The number of fused-ring (bicyclic) bond motifs is 1. The van der Waals surface area contributed by atoms with E-state index in [0.717, 1.165) is 10.1 Å². The number of imidazole rings is 1. The van der Waals surface area contributed by atoms with E-state index in [1.165, 1.54) is 17.0 Å². The molecule has 0 saturated heterocycles. The van der Waals surface area contributed by atoms with Gasteiger partial charge in [0.2, 0.25) is 0 Å². The molecule has 0 saturated carbocycles. The van der Waals surface area contributed by atoms with Gasteiger partial charge in [0.1, 0.15) is 0 Å². The van der Waals surface area contributed by atoms with Crippen LogP contribution in [0.1, 0.15) is 11.1 Å². The van der Waals surface area contributed by atoms with Crippen molar-refractivity contribution in [3.63, 3.8) is 0 Å². The van der Waals surface area contributed by atoms with Crippen LogP contribution < -0.4 is 11.2 Å². The van der Waals surface area contributed by atoms with Crippen LogP contribution in [-0.4, -0.2) is 18.7 Å². The second-order valence-electron chi connectivity index (χ2n) is 6.63. The molecule has 0 fully saturated rings. The summed E-state index contributed by atoms with van der Waals surface area (Å²) in [5.74, 6) is 0. The topological polar surface area (TPSA) is 85.6 Å². The molecule has 4 aromatic rings. The van der Waals surface area contributed by atoms with Gasteiger partial charge in [0.05, 0.1) is 28.7 Å². The van der Waals surface area contributed by atoms with Crippen LogP contribution in [0.5, 0.6) is 0 Å². The second kappa shape index (κ2) is 7.85. The molecule has 2 heterocycles. The molecule has 7 nitrogen and oxygen atoms in total. The van der Waals surface area contributed by atoms with E-state index in [1.807, 2.05) is 6.07 Å². The van der Waals surface area contributed by atoms with Gasteiger partial charge in [0.15, 0.2) is 11.2 Å². The zero-order chi connectivity index (χ0) is 21.3.